The molecule has 3 aromatic rings. The van der Waals surface area contributed by atoms with Gasteiger partial charge in [0.1, 0.15) is 21.2 Å². The van der Waals surface area contributed by atoms with E-state index >= 15 is 0 Å². The van der Waals surface area contributed by atoms with Gasteiger partial charge in [0.25, 0.3) is 5.91 Å². The second-order valence-corrected chi connectivity index (χ2v) is 10.7. The number of nitrogens with one attached hydrogen (secondary N) is 1. The van der Waals surface area contributed by atoms with Crippen LogP contribution in [0.4, 0.5) is 5.69 Å². The summed E-state index contributed by atoms with van der Waals surface area (Å²) in [6.07, 6.45) is 5.07. The Kier molecular flexibility index (Phi) is 7.99. The van der Waals surface area contributed by atoms with Crippen LogP contribution in [0, 0.1) is 13.8 Å². The lowest BCUT2D eigenvalue weighted by atomic mass is 9.94. The number of aromatic hydroxyl groups is 1. The number of aryl methyl sites for hydroxylation is 2. The maximum Gasteiger partial charge on any atom is 0.280 e. The highest BCUT2D eigenvalue weighted by molar-refractivity contribution is 7.11. The molecule has 1 fully saturated rings. The van der Waals surface area contributed by atoms with E-state index in [1.807, 2.05) is 32.0 Å². The Morgan fingerprint density at radius 3 is 2.40 bits per heavy atom. The third kappa shape index (κ3) is 5.63. The predicted octanol–water partition coefficient (Wildman–Crippen LogP) is 6.61. The van der Waals surface area contributed by atoms with Crippen LogP contribution in [0.2, 0.25) is 9.36 Å². The van der Waals surface area contributed by atoms with Crippen molar-refractivity contribution in [1.82, 2.24) is 9.69 Å². The van der Waals surface area contributed by atoms with E-state index in [4.69, 9.17) is 23.2 Å². The Morgan fingerprint density at radius 1 is 1.09 bits per heavy atom. The van der Waals surface area contributed by atoms with Crippen molar-refractivity contribution in [2.75, 3.05) is 4.90 Å². The smallest absolute Gasteiger partial charge is 0.280 e. The van der Waals surface area contributed by atoms with E-state index in [9.17, 15) is 14.7 Å². The van der Waals surface area contributed by atoms with Crippen LogP contribution in [0.25, 0.3) is 0 Å². The summed E-state index contributed by atoms with van der Waals surface area (Å²) >= 11 is 13.4. The minimum Gasteiger partial charge on any atom is -0.508 e. The number of hydrogen-bond acceptors (Lipinski definition) is 5. The zero-order chi connectivity index (χ0) is 25.1. The minimum absolute atomic E-state index is 0.00295. The highest BCUT2D eigenvalue weighted by Gasteiger charge is 2.37. The van der Waals surface area contributed by atoms with Crippen molar-refractivity contribution in [3.05, 3.63) is 74.2 Å². The Balaban J connectivity index is 1.86. The van der Waals surface area contributed by atoms with Crippen LogP contribution >= 0.6 is 34.7 Å². The lowest BCUT2D eigenvalue weighted by Gasteiger charge is -2.34. The average molecular weight is 532 g/mol. The third-order valence-electron chi connectivity index (χ3n) is 6.31. The molecule has 1 aromatic heterocycles. The fourth-order valence-corrected chi connectivity index (χ4v) is 5.44. The van der Waals surface area contributed by atoms with Crippen LogP contribution in [-0.2, 0) is 4.79 Å². The van der Waals surface area contributed by atoms with Crippen molar-refractivity contribution in [3.63, 3.8) is 0 Å². The maximum atomic E-state index is 14.0. The molecule has 1 saturated carbocycles. The molecular weight excluding hydrogens is 505 g/mol. The molecule has 0 radical (unpaired) electrons. The molecule has 6 nitrogen and oxygen atoms in total. The van der Waals surface area contributed by atoms with Crippen molar-refractivity contribution in [2.24, 2.45) is 0 Å². The van der Waals surface area contributed by atoms with Crippen LogP contribution in [0.3, 0.4) is 0 Å². The van der Waals surface area contributed by atoms with Crippen molar-refractivity contribution >= 4 is 52.2 Å². The highest BCUT2D eigenvalue weighted by Crippen LogP contribution is 2.37. The number of amides is 2. The molecule has 1 aliphatic carbocycles. The molecule has 2 N–H and O–H groups in total. The molecule has 0 spiro atoms. The number of benzene rings is 2. The van der Waals surface area contributed by atoms with Gasteiger partial charge in [-0.15, -0.1) is 0 Å². The van der Waals surface area contributed by atoms with E-state index in [1.165, 1.54) is 17.0 Å². The van der Waals surface area contributed by atoms with E-state index in [1.54, 1.807) is 12.1 Å². The SMILES string of the molecule is Cc1ccc(C)c(N(C(=O)c2nsc(Cl)c2Cl)[C@H](C(=O)NC2CCCCC2)c2ccc(O)cc2)c1. The van der Waals surface area contributed by atoms with E-state index < -0.39 is 11.9 Å². The number of halogens is 2. The molecule has 1 aliphatic rings. The van der Waals surface area contributed by atoms with E-state index in [0.717, 1.165) is 54.8 Å². The first kappa shape index (κ1) is 25.5. The molecule has 2 amide bonds. The Bertz CT molecular complexity index is 1220. The summed E-state index contributed by atoms with van der Waals surface area (Å²) in [5, 5.41) is 13.1. The van der Waals surface area contributed by atoms with Gasteiger partial charge < -0.3 is 10.4 Å². The number of rotatable bonds is 6. The zero-order valence-electron chi connectivity index (χ0n) is 19.6. The number of phenolic OH excluding ortho intramolecular Hbond substituents is 1. The van der Waals surface area contributed by atoms with Gasteiger partial charge in [-0.25, -0.2) is 0 Å². The van der Waals surface area contributed by atoms with Crippen LogP contribution in [0.1, 0.15) is 65.3 Å². The molecule has 0 unspecified atom stereocenters. The summed E-state index contributed by atoms with van der Waals surface area (Å²) in [5.41, 5.74) is 2.88. The standard InChI is InChI=1S/C26H27Cl2N3O3S/c1-15-8-9-16(2)20(14-15)31(26(34)22-21(27)24(28)35-30-22)23(17-10-12-19(32)13-11-17)25(33)29-18-6-4-3-5-7-18/h8-14,18,23,32H,3-7H2,1-2H3,(H,29,33)/t23-/m0/s1. The quantitative estimate of drug-likeness (QED) is 0.374. The summed E-state index contributed by atoms with van der Waals surface area (Å²) in [6, 6.07) is 11.1. The number of phenols is 1. The van der Waals surface area contributed by atoms with Gasteiger partial charge in [0.15, 0.2) is 5.69 Å². The second kappa shape index (κ2) is 11.0. The third-order valence-corrected chi connectivity index (χ3v) is 7.92. The lowest BCUT2D eigenvalue weighted by Crippen LogP contribution is -2.47. The summed E-state index contributed by atoms with van der Waals surface area (Å²) < 4.78 is 4.41. The number of aromatic nitrogens is 1. The minimum atomic E-state index is -1.01. The normalized spacial score (nSPS) is 15.0. The lowest BCUT2D eigenvalue weighted by molar-refractivity contribution is -0.123. The second-order valence-electron chi connectivity index (χ2n) is 8.92. The summed E-state index contributed by atoms with van der Waals surface area (Å²) in [4.78, 5) is 29.4. The van der Waals surface area contributed by atoms with Gasteiger partial charge in [0, 0.05) is 11.7 Å². The van der Waals surface area contributed by atoms with Crippen molar-refractivity contribution < 1.29 is 14.7 Å². The first-order chi connectivity index (χ1) is 16.8. The molecular formula is C26H27Cl2N3O3S. The van der Waals surface area contributed by atoms with Gasteiger partial charge in [-0.1, -0.05) is 66.7 Å². The molecule has 0 aliphatic heterocycles. The van der Waals surface area contributed by atoms with Crippen LogP contribution in [-0.4, -0.2) is 27.3 Å². The van der Waals surface area contributed by atoms with E-state index in [0.29, 0.717) is 11.3 Å². The number of carbonyl (C=O) groups excluding carboxylic acids is 2. The predicted molar refractivity (Wildman–Crippen MR) is 141 cm³/mol. The fraction of sp³-hybridized carbons (Fsp3) is 0.346. The maximum absolute atomic E-state index is 14.0. The Labute approximate surface area is 219 Å². The summed E-state index contributed by atoms with van der Waals surface area (Å²) in [5.74, 6) is -0.753. The first-order valence-corrected chi connectivity index (χ1v) is 13.1. The van der Waals surface area contributed by atoms with Gasteiger partial charge in [-0.05, 0) is 73.1 Å². The van der Waals surface area contributed by atoms with E-state index in [2.05, 4.69) is 9.69 Å². The Hall–Kier alpha value is -2.61. The highest BCUT2D eigenvalue weighted by atomic mass is 35.5. The number of anilines is 1. The van der Waals surface area contributed by atoms with Gasteiger partial charge in [-0.2, -0.15) is 4.37 Å². The fourth-order valence-electron chi connectivity index (χ4n) is 4.45. The van der Waals surface area contributed by atoms with Gasteiger partial charge >= 0.3 is 0 Å². The van der Waals surface area contributed by atoms with Gasteiger partial charge in [0.2, 0.25) is 5.91 Å². The molecule has 0 bridgehead atoms. The average Bonchev–Trinajstić information content (AvgIpc) is 3.18. The first-order valence-electron chi connectivity index (χ1n) is 11.6. The summed E-state index contributed by atoms with van der Waals surface area (Å²) in [7, 11) is 0. The van der Waals surface area contributed by atoms with Crippen molar-refractivity contribution in [2.45, 2.75) is 58.0 Å². The van der Waals surface area contributed by atoms with Gasteiger partial charge in [0.05, 0.1) is 0 Å². The molecule has 0 saturated heterocycles. The molecule has 9 heteroatoms. The molecule has 4 rings (SSSR count). The molecule has 184 valence electrons. The molecule has 1 atom stereocenters. The largest absolute Gasteiger partial charge is 0.508 e. The van der Waals surface area contributed by atoms with Gasteiger partial charge in [-0.3, -0.25) is 14.5 Å². The molecule has 2 aromatic carbocycles. The number of nitrogens with zero attached hydrogens (tertiary/aromatic N) is 2. The number of carbonyl (C=O) groups is 2. The van der Waals surface area contributed by atoms with Crippen LogP contribution in [0.5, 0.6) is 5.75 Å². The van der Waals surface area contributed by atoms with E-state index in [-0.39, 0.29) is 32.8 Å². The van der Waals surface area contributed by atoms with Crippen molar-refractivity contribution in [1.29, 1.82) is 0 Å². The molecule has 35 heavy (non-hydrogen) atoms. The molecule has 1 heterocycles. The van der Waals surface area contributed by atoms with Crippen molar-refractivity contribution in [3.8, 4) is 5.75 Å². The summed E-state index contributed by atoms with van der Waals surface area (Å²) in [6.45, 7) is 3.81. The van der Waals surface area contributed by atoms with Crippen LogP contribution < -0.4 is 10.2 Å². The van der Waals surface area contributed by atoms with Crippen LogP contribution in [0.15, 0.2) is 42.5 Å². The Morgan fingerprint density at radius 2 is 1.77 bits per heavy atom. The number of hydrogen-bond donors (Lipinski definition) is 2. The topological polar surface area (TPSA) is 82.5 Å². The monoisotopic (exact) mass is 531 g/mol. The zero-order valence-corrected chi connectivity index (χ0v) is 21.9.